The summed E-state index contributed by atoms with van der Waals surface area (Å²) in [5.74, 6) is 0. The molecule has 0 bridgehead atoms. The summed E-state index contributed by atoms with van der Waals surface area (Å²) in [6.07, 6.45) is 0. The zero-order chi connectivity index (χ0) is 47.8. The highest BCUT2D eigenvalue weighted by Gasteiger charge is 2.45. The molecule has 0 spiro atoms. The normalized spacial score (nSPS) is 14.4. The largest absolute Gasteiger partial charge is 0.311 e. The Morgan fingerprint density at radius 1 is 0.379 bits per heavy atom. The van der Waals surface area contributed by atoms with Crippen molar-refractivity contribution in [2.24, 2.45) is 0 Å². The third-order valence-corrected chi connectivity index (χ3v) is 15.3. The van der Waals surface area contributed by atoms with Crippen LogP contribution < -0.4 is 26.2 Å². The molecule has 0 amide bonds. The SMILES string of the molecule is CC(C)(C)c1ccc(-c2nc3cc4c(cc3s2)B2c3cc(C(C)(C)C)ccc3N(c3ccc(C(C)(C)C)cc3)c3cc(C(C)(C)C)cc(c32)N4c2cc(C(C)(C)C)cc(C(C)(C)C)c2)cc1. The summed E-state index contributed by atoms with van der Waals surface area (Å²) >= 11 is 1.82. The number of thiazole rings is 1. The predicted molar refractivity (Wildman–Crippen MR) is 291 cm³/mol. The fraction of sp³-hybridized carbons (Fsp3) is 0.393. The molecule has 6 aromatic carbocycles. The first-order valence-electron chi connectivity index (χ1n) is 24.2. The van der Waals surface area contributed by atoms with Gasteiger partial charge >= 0.3 is 0 Å². The molecule has 5 heteroatoms. The Bertz CT molecular complexity index is 2990. The average molecular weight is 890 g/mol. The van der Waals surface area contributed by atoms with Gasteiger partial charge in [0.15, 0.2) is 0 Å². The number of aromatic nitrogens is 1. The standard InChI is InChI=1S/C61H72BN3S/c1-56(2,3)38-21-19-37(20-22-38)55-63-48-36-50-47(35-53(48)66-55)62-46-32-40(58(7,8)9)25-28-49(46)64(44-26-23-39(24-27-44)57(4,5)6)51-33-43(61(16,17)18)34-52(54(51)62)65(50)45-30-41(59(10,11)12)29-42(31-45)60(13,14)15/h19-36H,1-18H3. The highest BCUT2D eigenvalue weighted by atomic mass is 32.1. The second-order valence-corrected chi connectivity index (χ2v) is 26.6. The van der Waals surface area contributed by atoms with Gasteiger partial charge in [-0.1, -0.05) is 179 Å². The second-order valence-electron chi connectivity index (χ2n) is 25.6. The molecular weight excluding hydrogens is 818 g/mol. The zero-order valence-corrected chi connectivity index (χ0v) is 44.0. The topological polar surface area (TPSA) is 19.4 Å². The molecule has 0 saturated carbocycles. The van der Waals surface area contributed by atoms with Gasteiger partial charge in [-0.2, -0.15) is 0 Å². The van der Waals surface area contributed by atoms with Gasteiger partial charge in [-0.05, 0) is 137 Å². The Labute approximate surface area is 401 Å². The van der Waals surface area contributed by atoms with Crippen molar-refractivity contribution >= 4 is 78.8 Å². The summed E-state index contributed by atoms with van der Waals surface area (Å²) in [7, 11) is 0. The van der Waals surface area contributed by atoms with Crippen molar-refractivity contribution in [3.8, 4) is 10.6 Å². The molecule has 0 unspecified atom stereocenters. The molecule has 7 aromatic rings. The molecule has 340 valence electrons. The number of anilines is 6. The summed E-state index contributed by atoms with van der Waals surface area (Å²) < 4.78 is 1.22. The van der Waals surface area contributed by atoms with Crippen molar-refractivity contribution in [3.63, 3.8) is 0 Å². The molecule has 3 heterocycles. The molecule has 1 aromatic heterocycles. The molecule has 0 aliphatic carbocycles. The van der Waals surface area contributed by atoms with E-state index in [1.807, 2.05) is 11.3 Å². The maximum absolute atomic E-state index is 5.47. The lowest BCUT2D eigenvalue weighted by atomic mass is 9.33. The van der Waals surface area contributed by atoms with Crippen LogP contribution in [0.25, 0.3) is 20.8 Å². The van der Waals surface area contributed by atoms with E-state index in [2.05, 4.69) is 244 Å². The van der Waals surface area contributed by atoms with Crippen LogP contribution in [0.2, 0.25) is 0 Å². The van der Waals surface area contributed by atoms with E-state index in [1.165, 1.54) is 88.6 Å². The smallest absolute Gasteiger partial charge is 0.252 e. The van der Waals surface area contributed by atoms with Crippen LogP contribution >= 0.6 is 11.3 Å². The van der Waals surface area contributed by atoms with Crippen LogP contribution in [0, 0.1) is 0 Å². The van der Waals surface area contributed by atoms with Crippen molar-refractivity contribution in [2.75, 3.05) is 9.80 Å². The van der Waals surface area contributed by atoms with E-state index in [-0.39, 0.29) is 39.2 Å². The Morgan fingerprint density at radius 2 is 0.818 bits per heavy atom. The number of benzene rings is 6. The van der Waals surface area contributed by atoms with Crippen LogP contribution in [-0.4, -0.2) is 11.7 Å². The molecule has 3 nitrogen and oxygen atoms in total. The number of hydrogen-bond acceptors (Lipinski definition) is 4. The quantitative estimate of drug-likeness (QED) is 0.165. The molecule has 0 atom stereocenters. The van der Waals surface area contributed by atoms with E-state index in [0.717, 1.165) is 16.1 Å². The highest BCUT2D eigenvalue weighted by molar-refractivity contribution is 7.21. The third kappa shape index (κ3) is 8.12. The van der Waals surface area contributed by atoms with Crippen molar-refractivity contribution in [2.45, 2.75) is 157 Å². The Kier molecular flexibility index (Phi) is 10.6. The zero-order valence-electron chi connectivity index (χ0n) is 43.2. The minimum atomic E-state index is -0.120. The lowest BCUT2D eigenvalue weighted by molar-refractivity contribution is 0.568. The second kappa shape index (κ2) is 15.2. The average Bonchev–Trinajstić information content (AvgIpc) is 3.63. The first-order chi connectivity index (χ1) is 30.5. The van der Waals surface area contributed by atoms with E-state index < -0.39 is 0 Å². The van der Waals surface area contributed by atoms with Crippen molar-refractivity contribution in [3.05, 3.63) is 143 Å². The van der Waals surface area contributed by atoms with Gasteiger partial charge in [0.1, 0.15) is 5.01 Å². The van der Waals surface area contributed by atoms with Gasteiger partial charge in [-0.15, -0.1) is 11.3 Å². The third-order valence-electron chi connectivity index (χ3n) is 14.2. The molecule has 9 rings (SSSR count). The Morgan fingerprint density at radius 3 is 1.32 bits per heavy atom. The van der Waals surface area contributed by atoms with Gasteiger partial charge in [0, 0.05) is 39.7 Å². The predicted octanol–water partition coefficient (Wildman–Crippen LogP) is 15.8. The van der Waals surface area contributed by atoms with E-state index in [9.17, 15) is 0 Å². The summed E-state index contributed by atoms with van der Waals surface area (Å²) in [6.45, 7) is 42.0. The molecule has 0 N–H and O–H groups in total. The van der Waals surface area contributed by atoms with Crippen molar-refractivity contribution in [1.29, 1.82) is 0 Å². The summed E-state index contributed by atoms with van der Waals surface area (Å²) in [6, 6.07) is 43.2. The minimum Gasteiger partial charge on any atom is -0.311 e. The van der Waals surface area contributed by atoms with Gasteiger partial charge < -0.3 is 9.80 Å². The van der Waals surface area contributed by atoms with Crippen LogP contribution in [0.15, 0.2) is 109 Å². The summed E-state index contributed by atoms with van der Waals surface area (Å²) in [4.78, 5) is 10.7. The van der Waals surface area contributed by atoms with Gasteiger partial charge in [0.25, 0.3) is 6.71 Å². The first kappa shape index (κ1) is 46.0. The Balaban J connectivity index is 1.41. The Hall–Kier alpha value is -5.13. The summed E-state index contributed by atoms with van der Waals surface area (Å²) in [5, 5.41) is 1.06. The van der Waals surface area contributed by atoms with E-state index in [0.29, 0.717) is 0 Å². The fourth-order valence-electron chi connectivity index (χ4n) is 9.83. The molecule has 0 saturated heterocycles. The van der Waals surface area contributed by atoms with E-state index in [4.69, 9.17) is 4.98 Å². The molecular formula is C61H72BN3S. The van der Waals surface area contributed by atoms with Gasteiger partial charge in [0.2, 0.25) is 0 Å². The maximum Gasteiger partial charge on any atom is 0.252 e. The van der Waals surface area contributed by atoms with Crippen LogP contribution in [0.1, 0.15) is 158 Å². The van der Waals surface area contributed by atoms with Gasteiger partial charge in [-0.25, -0.2) is 4.98 Å². The lowest BCUT2D eigenvalue weighted by Gasteiger charge is -2.45. The molecule has 2 aliphatic heterocycles. The molecule has 66 heavy (non-hydrogen) atoms. The van der Waals surface area contributed by atoms with Gasteiger partial charge in [0.05, 0.1) is 10.2 Å². The van der Waals surface area contributed by atoms with Crippen molar-refractivity contribution < 1.29 is 0 Å². The van der Waals surface area contributed by atoms with Crippen LogP contribution in [0.4, 0.5) is 34.1 Å². The lowest BCUT2D eigenvalue weighted by Crippen LogP contribution is -2.61. The maximum atomic E-state index is 5.47. The number of fused-ring (bicyclic) bond motifs is 5. The number of rotatable bonds is 3. The van der Waals surface area contributed by atoms with Crippen molar-refractivity contribution in [1.82, 2.24) is 4.98 Å². The minimum absolute atomic E-state index is 0.00780. The van der Waals surface area contributed by atoms with Gasteiger partial charge in [-0.3, -0.25) is 0 Å². The number of nitrogens with zero attached hydrogens (tertiary/aromatic N) is 3. The van der Waals surface area contributed by atoms with Crippen LogP contribution in [0.5, 0.6) is 0 Å². The van der Waals surface area contributed by atoms with Crippen LogP contribution in [0.3, 0.4) is 0 Å². The van der Waals surface area contributed by atoms with E-state index >= 15 is 0 Å². The number of hydrogen-bond donors (Lipinski definition) is 0. The molecule has 0 fully saturated rings. The molecule has 0 radical (unpaired) electrons. The molecule has 2 aliphatic rings. The van der Waals surface area contributed by atoms with E-state index in [1.54, 1.807) is 0 Å². The highest BCUT2D eigenvalue weighted by Crippen LogP contribution is 2.49. The monoisotopic (exact) mass is 890 g/mol. The fourth-order valence-corrected chi connectivity index (χ4v) is 10.8. The van der Waals surface area contributed by atoms with Crippen LogP contribution in [-0.2, 0) is 32.5 Å². The first-order valence-corrected chi connectivity index (χ1v) is 25.1. The summed E-state index contributed by atoms with van der Waals surface area (Å²) in [5.41, 5.74) is 21.4.